The lowest BCUT2D eigenvalue weighted by atomic mass is 9.78. The molecule has 1 aromatic heterocycles. The second-order valence-corrected chi connectivity index (χ2v) is 7.11. The van der Waals surface area contributed by atoms with Crippen LogP contribution in [0.3, 0.4) is 0 Å². The minimum atomic E-state index is 0.115. The Hall–Kier alpha value is -2.10. The van der Waals surface area contributed by atoms with Crippen molar-refractivity contribution in [3.05, 3.63) is 47.8 Å². The zero-order chi connectivity index (χ0) is 16.4. The molecular formula is C19H26N4. The summed E-state index contributed by atoms with van der Waals surface area (Å²) in [5, 5.41) is 3.43. The van der Waals surface area contributed by atoms with Gasteiger partial charge in [0.25, 0.3) is 0 Å². The summed E-state index contributed by atoms with van der Waals surface area (Å²) in [7, 11) is 0. The summed E-state index contributed by atoms with van der Waals surface area (Å²) in [6.45, 7) is 10.8. The predicted molar refractivity (Wildman–Crippen MR) is 95.9 cm³/mol. The summed E-state index contributed by atoms with van der Waals surface area (Å²) in [4.78, 5) is 11.2. The van der Waals surface area contributed by atoms with Crippen LogP contribution >= 0.6 is 0 Å². The maximum Gasteiger partial charge on any atom is 0.134 e. The molecule has 0 amide bonds. The lowest BCUT2D eigenvalue weighted by Crippen LogP contribution is -2.42. The lowest BCUT2D eigenvalue weighted by Gasteiger charge is -2.40. The van der Waals surface area contributed by atoms with Crippen LogP contribution in [0.15, 0.2) is 36.7 Å². The van der Waals surface area contributed by atoms with E-state index in [1.165, 1.54) is 11.1 Å². The van der Waals surface area contributed by atoms with Crippen LogP contribution in [0.1, 0.15) is 45.2 Å². The maximum atomic E-state index is 4.51. The molecule has 0 radical (unpaired) electrons. The largest absolute Gasteiger partial charge is 0.367 e. The van der Waals surface area contributed by atoms with E-state index in [-0.39, 0.29) is 5.41 Å². The third kappa shape index (κ3) is 3.31. The minimum absolute atomic E-state index is 0.115. The van der Waals surface area contributed by atoms with Gasteiger partial charge in [-0.2, -0.15) is 0 Å². The Balaban J connectivity index is 1.87. The van der Waals surface area contributed by atoms with Crippen molar-refractivity contribution in [1.82, 2.24) is 9.97 Å². The van der Waals surface area contributed by atoms with Crippen LogP contribution in [0, 0.1) is 0 Å². The van der Waals surface area contributed by atoms with Gasteiger partial charge in [0.1, 0.15) is 18.0 Å². The maximum absolute atomic E-state index is 4.51. The van der Waals surface area contributed by atoms with Crippen molar-refractivity contribution in [3.63, 3.8) is 0 Å². The molecule has 3 rings (SSSR count). The second-order valence-electron chi connectivity index (χ2n) is 7.11. The van der Waals surface area contributed by atoms with Gasteiger partial charge >= 0.3 is 0 Å². The number of aromatic nitrogens is 2. The fourth-order valence-corrected chi connectivity index (χ4v) is 3.26. The Morgan fingerprint density at radius 1 is 1.26 bits per heavy atom. The highest BCUT2D eigenvalue weighted by atomic mass is 15.2. The third-order valence-corrected chi connectivity index (χ3v) is 4.68. The molecule has 0 fully saturated rings. The van der Waals surface area contributed by atoms with Crippen molar-refractivity contribution in [2.75, 3.05) is 16.8 Å². The molecule has 1 aliphatic rings. The smallest absolute Gasteiger partial charge is 0.134 e. The SMILES string of the molecule is CC[C@H](C)Nc1cc(N2Cc3ccccc3C(C)(C)C2)ncn1. The van der Waals surface area contributed by atoms with Gasteiger partial charge in [-0.3, -0.25) is 0 Å². The predicted octanol–water partition coefficient (Wildman–Crippen LogP) is 3.98. The number of hydrogen-bond acceptors (Lipinski definition) is 4. The molecular weight excluding hydrogens is 284 g/mol. The van der Waals surface area contributed by atoms with Crippen molar-refractivity contribution in [3.8, 4) is 0 Å². The molecule has 0 spiro atoms. The molecule has 0 saturated carbocycles. The van der Waals surface area contributed by atoms with Crippen molar-refractivity contribution >= 4 is 11.6 Å². The summed E-state index contributed by atoms with van der Waals surface area (Å²) in [5.41, 5.74) is 2.95. The Morgan fingerprint density at radius 2 is 2.04 bits per heavy atom. The average Bonchev–Trinajstić information content (AvgIpc) is 2.54. The van der Waals surface area contributed by atoms with Crippen LogP contribution in [0.4, 0.5) is 11.6 Å². The Morgan fingerprint density at radius 3 is 2.83 bits per heavy atom. The summed E-state index contributed by atoms with van der Waals surface area (Å²) in [6.07, 6.45) is 2.73. The van der Waals surface area contributed by atoms with Crippen LogP contribution in [-0.2, 0) is 12.0 Å². The van der Waals surface area contributed by atoms with Crippen LogP contribution < -0.4 is 10.2 Å². The van der Waals surface area contributed by atoms with E-state index in [1.807, 2.05) is 0 Å². The molecule has 0 bridgehead atoms. The Bertz CT molecular complexity index is 681. The van der Waals surface area contributed by atoms with E-state index in [0.717, 1.165) is 31.1 Å². The quantitative estimate of drug-likeness (QED) is 0.927. The van der Waals surface area contributed by atoms with Gasteiger partial charge in [-0.15, -0.1) is 0 Å². The third-order valence-electron chi connectivity index (χ3n) is 4.68. The molecule has 2 aromatic rings. The molecule has 1 aromatic carbocycles. The fourth-order valence-electron chi connectivity index (χ4n) is 3.26. The van der Waals surface area contributed by atoms with Crippen LogP contribution in [0.2, 0.25) is 0 Å². The average molecular weight is 310 g/mol. The highest BCUT2D eigenvalue weighted by Gasteiger charge is 2.32. The van der Waals surface area contributed by atoms with E-state index in [2.05, 4.69) is 78.2 Å². The van der Waals surface area contributed by atoms with Gasteiger partial charge in [0.05, 0.1) is 0 Å². The normalized spacial score (nSPS) is 17.5. The number of nitrogens with zero attached hydrogens (tertiary/aromatic N) is 3. The molecule has 1 aliphatic heterocycles. The molecule has 4 heteroatoms. The zero-order valence-corrected chi connectivity index (χ0v) is 14.5. The molecule has 122 valence electrons. The van der Waals surface area contributed by atoms with Gasteiger partial charge in [0.15, 0.2) is 0 Å². The topological polar surface area (TPSA) is 41.0 Å². The molecule has 0 aliphatic carbocycles. The summed E-state index contributed by atoms with van der Waals surface area (Å²) in [5.74, 6) is 1.90. The van der Waals surface area contributed by atoms with E-state index in [4.69, 9.17) is 0 Å². The van der Waals surface area contributed by atoms with Gasteiger partial charge in [-0.25, -0.2) is 9.97 Å². The minimum Gasteiger partial charge on any atom is -0.367 e. The number of hydrogen-bond donors (Lipinski definition) is 1. The summed E-state index contributed by atoms with van der Waals surface area (Å²) < 4.78 is 0. The van der Waals surface area contributed by atoms with Crippen molar-refractivity contribution in [2.24, 2.45) is 0 Å². The van der Waals surface area contributed by atoms with E-state index >= 15 is 0 Å². The zero-order valence-electron chi connectivity index (χ0n) is 14.5. The summed E-state index contributed by atoms with van der Waals surface area (Å²) >= 11 is 0. The monoisotopic (exact) mass is 310 g/mol. The fraction of sp³-hybridized carbons (Fsp3) is 0.474. The van der Waals surface area contributed by atoms with Crippen LogP contribution in [0.25, 0.3) is 0 Å². The van der Waals surface area contributed by atoms with Gasteiger partial charge in [0.2, 0.25) is 0 Å². The molecule has 2 heterocycles. The van der Waals surface area contributed by atoms with Gasteiger partial charge in [-0.05, 0) is 24.5 Å². The van der Waals surface area contributed by atoms with Crippen LogP contribution in [0.5, 0.6) is 0 Å². The highest BCUT2D eigenvalue weighted by molar-refractivity contribution is 5.52. The van der Waals surface area contributed by atoms with Gasteiger partial charge in [0, 0.05) is 30.6 Å². The number of benzene rings is 1. The number of fused-ring (bicyclic) bond motifs is 1. The van der Waals surface area contributed by atoms with E-state index in [0.29, 0.717) is 6.04 Å². The molecule has 0 saturated heterocycles. The molecule has 1 N–H and O–H groups in total. The first kappa shape index (κ1) is 15.8. The van der Waals surface area contributed by atoms with Crippen LogP contribution in [-0.4, -0.2) is 22.6 Å². The molecule has 1 atom stereocenters. The summed E-state index contributed by atoms with van der Waals surface area (Å²) in [6, 6.07) is 11.2. The number of anilines is 2. The molecule has 4 nitrogen and oxygen atoms in total. The van der Waals surface area contributed by atoms with E-state index in [9.17, 15) is 0 Å². The molecule has 0 unspecified atom stereocenters. The standard InChI is InChI=1S/C19H26N4/c1-5-14(2)22-17-10-18(21-13-20-17)23-11-15-8-6-7-9-16(15)19(3,4)12-23/h6-10,13-14H,5,11-12H2,1-4H3,(H,20,21,22)/t14-/m0/s1. The van der Waals surface area contributed by atoms with Crippen molar-refractivity contribution in [2.45, 2.75) is 52.1 Å². The number of rotatable bonds is 4. The van der Waals surface area contributed by atoms with Crippen molar-refractivity contribution < 1.29 is 0 Å². The Labute approximate surface area is 139 Å². The second kappa shape index (κ2) is 6.19. The first-order chi connectivity index (χ1) is 11.0. The highest BCUT2D eigenvalue weighted by Crippen LogP contribution is 2.35. The lowest BCUT2D eigenvalue weighted by molar-refractivity contribution is 0.474. The van der Waals surface area contributed by atoms with Gasteiger partial charge in [-0.1, -0.05) is 45.0 Å². The van der Waals surface area contributed by atoms with E-state index in [1.54, 1.807) is 6.33 Å². The first-order valence-electron chi connectivity index (χ1n) is 8.41. The Kier molecular flexibility index (Phi) is 4.24. The van der Waals surface area contributed by atoms with Crippen molar-refractivity contribution in [1.29, 1.82) is 0 Å². The molecule has 23 heavy (non-hydrogen) atoms. The van der Waals surface area contributed by atoms with Gasteiger partial charge < -0.3 is 10.2 Å². The first-order valence-corrected chi connectivity index (χ1v) is 8.41. The van der Waals surface area contributed by atoms with E-state index < -0.39 is 0 Å². The number of nitrogens with one attached hydrogen (secondary N) is 1.